The summed E-state index contributed by atoms with van der Waals surface area (Å²) in [5.41, 5.74) is 6.42. The van der Waals surface area contributed by atoms with E-state index >= 15 is 0 Å². The molecule has 84 valence electrons. The van der Waals surface area contributed by atoms with Gasteiger partial charge in [-0.2, -0.15) is 0 Å². The molecule has 0 unspecified atom stereocenters. The van der Waals surface area contributed by atoms with E-state index in [1.807, 2.05) is 19.1 Å². The maximum absolute atomic E-state index is 5.69. The highest BCUT2D eigenvalue weighted by atomic mass is 16.5. The van der Waals surface area contributed by atoms with Gasteiger partial charge >= 0.3 is 0 Å². The van der Waals surface area contributed by atoms with E-state index in [0.29, 0.717) is 24.0 Å². The number of aromatic nitrogens is 2. The van der Waals surface area contributed by atoms with Crippen molar-refractivity contribution in [3.05, 3.63) is 29.7 Å². The van der Waals surface area contributed by atoms with Crippen molar-refractivity contribution in [1.82, 2.24) is 9.97 Å². The molecule has 0 saturated carbocycles. The third kappa shape index (κ3) is 2.20. The zero-order valence-electron chi connectivity index (χ0n) is 9.23. The Labute approximate surface area is 93.3 Å². The summed E-state index contributed by atoms with van der Waals surface area (Å²) in [7, 11) is 1.61. The van der Waals surface area contributed by atoms with E-state index in [9.17, 15) is 0 Å². The summed E-state index contributed by atoms with van der Waals surface area (Å²) in [6, 6.07) is 5.36. The number of nitrogen functional groups attached to an aromatic ring is 1. The number of furan rings is 1. The number of methoxy groups -OCH3 is 1. The number of hydrogen-bond acceptors (Lipinski definition) is 5. The van der Waals surface area contributed by atoms with Gasteiger partial charge in [-0.3, -0.25) is 0 Å². The first-order chi connectivity index (χ1) is 7.69. The van der Waals surface area contributed by atoms with Crippen LogP contribution in [-0.4, -0.2) is 17.1 Å². The topological polar surface area (TPSA) is 74.2 Å². The molecule has 0 aliphatic heterocycles. The SMILES string of the molecule is COCc1cc(N)nc(-c2ccc(C)o2)n1. The van der Waals surface area contributed by atoms with Crippen LogP contribution in [0.15, 0.2) is 22.6 Å². The summed E-state index contributed by atoms with van der Waals surface area (Å²) >= 11 is 0. The third-order valence-electron chi connectivity index (χ3n) is 2.05. The van der Waals surface area contributed by atoms with Crippen molar-refractivity contribution in [2.45, 2.75) is 13.5 Å². The van der Waals surface area contributed by atoms with Gasteiger partial charge in [-0.25, -0.2) is 9.97 Å². The van der Waals surface area contributed by atoms with Crippen LogP contribution in [0, 0.1) is 6.92 Å². The van der Waals surface area contributed by atoms with E-state index in [1.54, 1.807) is 13.2 Å². The number of ether oxygens (including phenoxy) is 1. The molecule has 0 bridgehead atoms. The number of aryl methyl sites for hydroxylation is 1. The zero-order chi connectivity index (χ0) is 11.5. The first-order valence-corrected chi connectivity index (χ1v) is 4.88. The Balaban J connectivity index is 2.40. The molecule has 0 atom stereocenters. The molecule has 16 heavy (non-hydrogen) atoms. The quantitative estimate of drug-likeness (QED) is 0.851. The smallest absolute Gasteiger partial charge is 0.197 e. The molecule has 0 fully saturated rings. The second-order valence-electron chi connectivity index (χ2n) is 3.45. The lowest BCUT2D eigenvalue weighted by atomic mass is 10.3. The van der Waals surface area contributed by atoms with Crippen molar-refractivity contribution < 1.29 is 9.15 Å². The van der Waals surface area contributed by atoms with Gasteiger partial charge in [-0.1, -0.05) is 0 Å². The van der Waals surface area contributed by atoms with E-state index in [2.05, 4.69) is 9.97 Å². The molecule has 0 saturated heterocycles. The summed E-state index contributed by atoms with van der Waals surface area (Å²) in [6.07, 6.45) is 0. The lowest BCUT2D eigenvalue weighted by molar-refractivity contribution is 0.181. The Bertz CT molecular complexity index is 494. The van der Waals surface area contributed by atoms with Gasteiger partial charge in [0.1, 0.15) is 11.6 Å². The molecule has 0 aliphatic rings. The molecule has 2 N–H and O–H groups in total. The van der Waals surface area contributed by atoms with Crippen molar-refractivity contribution in [2.75, 3.05) is 12.8 Å². The Morgan fingerprint density at radius 3 is 2.81 bits per heavy atom. The maximum atomic E-state index is 5.69. The van der Waals surface area contributed by atoms with Crippen LogP contribution < -0.4 is 5.73 Å². The molecule has 5 heteroatoms. The molecule has 2 aromatic heterocycles. The van der Waals surface area contributed by atoms with Gasteiger partial charge in [0.15, 0.2) is 11.6 Å². The predicted octanol–water partition coefficient (Wildman–Crippen LogP) is 1.77. The van der Waals surface area contributed by atoms with Crippen LogP contribution in [0.2, 0.25) is 0 Å². The molecular weight excluding hydrogens is 206 g/mol. The Kier molecular flexibility index (Phi) is 2.87. The highest BCUT2D eigenvalue weighted by Gasteiger charge is 2.08. The van der Waals surface area contributed by atoms with E-state index in [4.69, 9.17) is 14.9 Å². The fourth-order valence-corrected chi connectivity index (χ4v) is 1.41. The normalized spacial score (nSPS) is 10.6. The summed E-state index contributed by atoms with van der Waals surface area (Å²) in [5.74, 6) is 2.32. The minimum absolute atomic E-state index is 0.402. The van der Waals surface area contributed by atoms with Crippen LogP contribution in [0.3, 0.4) is 0 Å². The maximum Gasteiger partial charge on any atom is 0.197 e. The van der Waals surface area contributed by atoms with Gasteiger partial charge in [-0.15, -0.1) is 0 Å². The minimum Gasteiger partial charge on any atom is -0.458 e. The number of anilines is 1. The van der Waals surface area contributed by atoms with Gasteiger partial charge in [-0.05, 0) is 19.1 Å². The summed E-state index contributed by atoms with van der Waals surface area (Å²) < 4.78 is 10.4. The predicted molar refractivity (Wildman–Crippen MR) is 59.6 cm³/mol. The third-order valence-corrected chi connectivity index (χ3v) is 2.05. The molecule has 0 spiro atoms. The van der Waals surface area contributed by atoms with Gasteiger partial charge in [0.25, 0.3) is 0 Å². The van der Waals surface area contributed by atoms with Gasteiger partial charge in [0, 0.05) is 13.2 Å². The molecular formula is C11H13N3O2. The number of hydrogen-bond donors (Lipinski definition) is 1. The fraction of sp³-hybridized carbons (Fsp3) is 0.273. The molecule has 0 aliphatic carbocycles. The molecule has 0 radical (unpaired) electrons. The first-order valence-electron chi connectivity index (χ1n) is 4.88. The van der Waals surface area contributed by atoms with Crippen LogP contribution in [0.5, 0.6) is 0 Å². The molecule has 0 aromatic carbocycles. The number of nitrogens with two attached hydrogens (primary N) is 1. The second kappa shape index (κ2) is 4.32. The van der Waals surface area contributed by atoms with Crippen LogP contribution >= 0.6 is 0 Å². The van der Waals surface area contributed by atoms with E-state index in [1.165, 1.54) is 0 Å². The number of rotatable bonds is 3. The summed E-state index contributed by atoms with van der Waals surface area (Å²) in [5, 5.41) is 0. The molecule has 2 heterocycles. The fourth-order valence-electron chi connectivity index (χ4n) is 1.41. The Morgan fingerprint density at radius 2 is 2.19 bits per heavy atom. The molecule has 5 nitrogen and oxygen atoms in total. The molecule has 0 amide bonds. The summed E-state index contributed by atoms with van der Waals surface area (Å²) in [4.78, 5) is 8.41. The second-order valence-corrected chi connectivity index (χ2v) is 3.45. The molecule has 2 aromatic rings. The van der Waals surface area contributed by atoms with Crippen molar-refractivity contribution in [3.8, 4) is 11.6 Å². The average molecular weight is 219 g/mol. The molecule has 2 rings (SSSR count). The zero-order valence-corrected chi connectivity index (χ0v) is 9.23. The van der Waals surface area contributed by atoms with Gasteiger partial charge < -0.3 is 14.9 Å². The van der Waals surface area contributed by atoms with Crippen LogP contribution in [0.25, 0.3) is 11.6 Å². The monoisotopic (exact) mass is 219 g/mol. The van der Waals surface area contributed by atoms with E-state index in [0.717, 1.165) is 11.5 Å². The van der Waals surface area contributed by atoms with E-state index in [-0.39, 0.29) is 0 Å². The van der Waals surface area contributed by atoms with Crippen LogP contribution in [0.1, 0.15) is 11.5 Å². The minimum atomic E-state index is 0.402. The van der Waals surface area contributed by atoms with Crippen LogP contribution in [0.4, 0.5) is 5.82 Å². The van der Waals surface area contributed by atoms with E-state index < -0.39 is 0 Å². The Hall–Kier alpha value is -1.88. The lowest BCUT2D eigenvalue weighted by Crippen LogP contribution is -2.00. The lowest BCUT2D eigenvalue weighted by Gasteiger charge is -2.02. The van der Waals surface area contributed by atoms with Crippen molar-refractivity contribution in [1.29, 1.82) is 0 Å². The van der Waals surface area contributed by atoms with Crippen LogP contribution in [-0.2, 0) is 11.3 Å². The van der Waals surface area contributed by atoms with Crippen molar-refractivity contribution in [2.24, 2.45) is 0 Å². The Morgan fingerprint density at radius 1 is 1.38 bits per heavy atom. The largest absolute Gasteiger partial charge is 0.458 e. The summed E-state index contributed by atoms with van der Waals surface area (Å²) in [6.45, 7) is 2.27. The highest BCUT2D eigenvalue weighted by molar-refractivity contribution is 5.50. The first kappa shape index (κ1) is 10.6. The average Bonchev–Trinajstić information content (AvgIpc) is 2.64. The van der Waals surface area contributed by atoms with Gasteiger partial charge in [0.05, 0.1) is 12.3 Å². The van der Waals surface area contributed by atoms with Crippen molar-refractivity contribution in [3.63, 3.8) is 0 Å². The highest BCUT2D eigenvalue weighted by Crippen LogP contribution is 2.19. The van der Waals surface area contributed by atoms with Gasteiger partial charge in [0.2, 0.25) is 0 Å². The number of nitrogens with zero attached hydrogens (tertiary/aromatic N) is 2. The standard InChI is InChI=1S/C11H13N3O2/c1-7-3-4-9(16-7)11-13-8(6-15-2)5-10(12)14-11/h3-5H,6H2,1-2H3,(H2,12,13,14). The van der Waals surface area contributed by atoms with Crippen molar-refractivity contribution >= 4 is 5.82 Å².